The summed E-state index contributed by atoms with van der Waals surface area (Å²) in [6.07, 6.45) is 3.12. The van der Waals surface area contributed by atoms with Gasteiger partial charge in [0.05, 0.1) is 11.9 Å². The van der Waals surface area contributed by atoms with E-state index in [1.807, 2.05) is 0 Å². The van der Waals surface area contributed by atoms with Gasteiger partial charge in [0.1, 0.15) is 5.82 Å². The Bertz CT molecular complexity index is 667. The van der Waals surface area contributed by atoms with E-state index in [9.17, 15) is 4.79 Å². The highest BCUT2D eigenvalue weighted by molar-refractivity contribution is 6.06. The first kappa shape index (κ1) is 12.4. The lowest BCUT2D eigenvalue weighted by Gasteiger charge is -2.37. The molecule has 3 heterocycles. The highest BCUT2D eigenvalue weighted by atomic mass is 16.5. The highest BCUT2D eigenvalue weighted by Gasteiger charge is 2.42. The fraction of sp³-hybridized carbons (Fsp3) is 0.214. The Kier molecular flexibility index (Phi) is 2.60. The molecule has 20 heavy (non-hydrogen) atoms. The second-order valence-electron chi connectivity index (χ2n) is 5.03. The second-order valence-corrected chi connectivity index (χ2v) is 5.03. The summed E-state index contributed by atoms with van der Waals surface area (Å²) in [5, 5.41) is 0. The summed E-state index contributed by atoms with van der Waals surface area (Å²) < 4.78 is 5.70. The van der Waals surface area contributed by atoms with Crippen LogP contribution < -0.4 is 15.4 Å². The van der Waals surface area contributed by atoms with Crippen molar-refractivity contribution in [2.45, 2.75) is 19.4 Å². The third-order valence-electron chi connectivity index (χ3n) is 3.05. The number of carbonyl (C=O) groups is 1. The monoisotopic (exact) mass is 270 g/mol. The van der Waals surface area contributed by atoms with Crippen molar-refractivity contribution in [2.75, 3.05) is 10.6 Å². The first-order valence-corrected chi connectivity index (χ1v) is 6.19. The number of rotatable bonds is 1. The molecule has 2 aromatic heterocycles. The minimum atomic E-state index is -0.973. The minimum absolute atomic E-state index is 0.221. The van der Waals surface area contributed by atoms with E-state index in [1.165, 1.54) is 11.1 Å². The largest absolute Gasteiger partial charge is 0.474 e. The molecule has 0 fully saturated rings. The van der Waals surface area contributed by atoms with E-state index in [-0.39, 0.29) is 5.91 Å². The summed E-state index contributed by atoms with van der Waals surface area (Å²) in [4.78, 5) is 22.5. The Morgan fingerprint density at radius 3 is 2.75 bits per heavy atom. The third-order valence-corrected chi connectivity index (χ3v) is 3.05. The lowest BCUT2D eigenvalue weighted by atomic mass is 10.1. The fourth-order valence-corrected chi connectivity index (χ4v) is 2.06. The van der Waals surface area contributed by atoms with Crippen LogP contribution in [0.3, 0.4) is 0 Å². The number of fused-ring (bicyclic) bond motifs is 1. The maximum absolute atomic E-state index is 12.6. The van der Waals surface area contributed by atoms with Crippen molar-refractivity contribution in [1.29, 1.82) is 0 Å². The van der Waals surface area contributed by atoms with Gasteiger partial charge in [0.15, 0.2) is 17.2 Å². The van der Waals surface area contributed by atoms with Crippen molar-refractivity contribution in [3.8, 4) is 5.75 Å². The molecule has 6 heteroatoms. The van der Waals surface area contributed by atoms with Crippen LogP contribution in [0.1, 0.15) is 13.8 Å². The molecule has 0 saturated heterocycles. The van der Waals surface area contributed by atoms with Crippen LogP contribution >= 0.6 is 0 Å². The summed E-state index contributed by atoms with van der Waals surface area (Å²) in [6.45, 7) is 3.44. The Morgan fingerprint density at radius 1 is 1.25 bits per heavy atom. The van der Waals surface area contributed by atoms with Crippen LogP contribution in [-0.4, -0.2) is 21.5 Å². The summed E-state index contributed by atoms with van der Waals surface area (Å²) >= 11 is 0. The van der Waals surface area contributed by atoms with Crippen molar-refractivity contribution in [3.63, 3.8) is 0 Å². The molecule has 0 aromatic carbocycles. The summed E-state index contributed by atoms with van der Waals surface area (Å²) in [5.74, 6) is 1.24. The topological polar surface area (TPSA) is 81.3 Å². The maximum atomic E-state index is 12.6. The van der Waals surface area contributed by atoms with E-state index in [1.54, 1.807) is 44.3 Å². The first-order valence-electron chi connectivity index (χ1n) is 6.19. The van der Waals surface area contributed by atoms with E-state index in [0.29, 0.717) is 23.1 Å². The molecule has 3 rings (SSSR count). The van der Waals surface area contributed by atoms with Gasteiger partial charge in [-0.25, -0.2) is 14.9 Å². The van der Waals surface area contributed by atoms with E-state index in [2.05, 4.69) is 9.97 Å². The fourth-order valence-electron chi connectivity index (χ4n) is 2.06. The smallest absolute Gasteiger partial charge is 0.277 e. The maximum Gasteiger partial charge on any atom is 0.277 e. The molecule has 0 aliphatic carbocycles. The Balaban J connectivity index is 2.17. The number of nitrogens with zero attached hydrogens (tertiary/aromatic N) is 3. The van der Waals surface area contributed by atoms with Crippen LogP contribution in [0.2, 0.25) is 0 Å². The van der Waals surface area contributed by atoms with Gasteiger partial charge in [0.2, 0.25) is 0 Å². The molecule has 0 radical (unpaired) electrons. The van der Waals surface area contributed by atoms with Gasteiger partial charge in [-0.3, -0.25) is 4.79 Å². The standard InChI is InChI=1S/C14H14N4O2/c1-14(2)13(19)18(11-6-5-9(15)8-17-11)12-10(20-14)4-3-7-16-12/h3-8H,15H2,1-2H3. The number of pyridine rings is 2. The van der Waals surface area contributed by atoms with Gasteiger partial charge in [-0.15, -0.1) is 0 Å². The summed E-state index contributed by atoms with van der Waals surface area (Å²) in [5.41, 5.74) is 5.20. The van der Waals surface area contributed by atoms with E-state index in [0.717, 1.165) is 0 Å². The van der Waals surface area contributed by atoms with Crippen molar-refractivity contribution in [1.82, 2.24) is 9.97 Å². The zero-order valence-corrected chi connectivity index (χ0v) is 11.2. The lowest BCUT2D eigenvalue weighted by molar-refractivity contribution is -0.131. The molecule has 0 bridgehead atoms. The molecule has 1 aliphatic heterocycles. The second kappa shape index (κ2) is 4.19. The Labute approximate surface area is 116 Å². The third kappa shape index (κ3) is 1.85. The number of aromatic nitrogens is 2. The van der Waals surface area contributed by atoms with Gasteiger partial charge >= 0.3 is 0 Å². The van der Waals surface area contributed by atoms with Crippen LogP contribution in [-0.2, 0) is 4.79 Å². The number of amides is 1. The van der Waals surface area contributed by atoms with Crippen molar-refractivity contribution in [2.24, 2.45) is 0 Å². The SMILES string of the molecule is CC1(C)Oc2cccnc2N(c2ccc(N)cn2)C1=O. The average Bonchev–Trinajstić information content (AvgIpc) is 2.41. The number of anilines is 3. The molecule has 6 nitrogen and oxygen atoms in total. The zero-order chi connectivity index (χ0) is 14.3. The summed E-state index contributed by atoms with van der Waals surface area (Å²) in [6, 6.07) is 6.92. The van der Waals surface area contributed by atoms with Crippen molar-refractivity contribution >= 4 is 23.2 Å². The molecular weight excluding hydrogens is 256 g/mol. The number of ether oxygens (including phenoxy) is 1. The molecule has 1 amide bonds. The summed E-state index contributed by atoms with van der Waals surface area (Å²) in [7, 11) is 0. The van der Waals surface area contributed by atoms with Crippen molar-refractivity contribution in [3.05, 3.63) is 36.7 Å². The Hall–Kier alpha value is -2.63. The van der Waals surface area contributed by atoms with Gasteiger partial charge in [-0.1, -0.05) is 0 Å². The van der Waals surface area contributed by atoms with Crippen molar-refractivity contribution < 1.29 is 9.53 Å². The number of carbonyl (C=O) groups excluding carboxylic acids is 1. The molecule has 0 saturated carbocycles. The van der Waals surface area contributed by atoms with Crippen LogP contribution in [0.4, 0.5) is 17.3 Å². The first-order chi connectivity index (χ1) is 9.49. The molecule has 102 valence electrons. The van der Waals surface area contributed by atoms with Crippen LogP contribution in [0, 0.1) is 0 Å². The molecular formula is C14H14N4O2. The molecule has 0 spiro atoms. The lowest BCUT2D eigenvalue weighted by Crippen LogP contribution is -2.51. The molecule has 2 aromatic rings. The van der Waals surface area contributed by atoms with Crippen LogP contribution in [0.15, 0.2) is 36.7 Å². The average molecular weight is 270 g/mol. The minimum Gasteiger partial charge on any atom is -0.474 e. The van der Waals surface area contributed by atoms with E-state index >= 15 is 0 Å². The van der Waals surface area contributed by atoms with E-state index in [4.69, 9.17) is 10.5 Å². The molecule has 0 atom stereocenters. The van der Waals surface area contributed by atoms with E-state index < -0.39 is 5.60 Å². The predicted octanol–water partition coefficient (Wildman–Crippen LogP) is 1.89. The van der Waals surface area contributed by atoms with Gasteiger partial charge in [0.25, 0.3) is 5.91 Å². The van der Waals surface area contributed by atoms with Gasteiger partial charge < -0.3 is 10.5 Å². The van der Waals surface area contributed by atoms with Crippen LogP contribution in [0.5, 0.6) is 5.75 Å². The number of hydrogen-bond acceptors (Lipinski definition) is 5. The normalized spacial score (nSPS) is 16.5. The van der Waals surface area contributed by atoms with Crippen LogP contribution in [0.25, 0.3) is 0 Å². The molecule has 1 aliphatic rings. The quantitative estimate of drug-likeness (QED) is 0.855. The predicted molar refractivity (Wildman–Crippen MR) is 74.7 cm³/mol. The molecule has 0 unspecified atom stereocenters. The highest BCUT2D eigenvalue weighted by Crippen LogP contribution is 2.39. The number of hydrogen-bond donors (Lipinski definition) is 1. The zero-order valence-electron chi connectivity index (χ0n) is 11.2. The molecule has 2 N–H and O–H groups in total. The number of nitrogen functional groups attached to an aromatic ring is 1. The van der Waals surface area contributed by atoms with Gasteiger partial charge in [-0.05, 0) is 38.1 Å². The van der Waals surface area contributed by atoms with Gasteiger partial charge in [0, 0.05) is 6.20 Å². The Morgan fingerprint density at radius 2 is 2.05 bits per heavy atom. The number of nitrogens with two attached hydrogens (primary N) is 1. The van der Waals surface area contributed by atoms with Gasteiger partial charge in [-0.2, -0.15) is 0 Å².